The molecule has 0 bridgehead atoms. The molecule has 0 heterocycles. The van der Waals surface area contributed by atoms with E-state index >= 15 is 0 Å². The number of phenols is 1. The van der Waals surface area contributed by atoms with Crippen molar-refractivity contribution in [3.05, 3.63) is 23.8 Å². The van der Waals surface area contributed by atoms with Crippen LogP contribution in [-0.4, -0.2) is 31.2 Å². The lowest BCUT2D eigenvalue weighted by Crippen LogP contribution is -2.31. The van der Waals surface area contributed by atoms with Gasteiger partial charge in [-0.25, -0.2) is 0 Å². The smallest absolute Gasteiger partial charge is 0.216 e. The number of phenolic OH excluding ortho intramolecular Hbond substituents is 1. The van der Waals surface area contributed by atoms with E-state index in [4.69, 9.17) is 4.74 Å². The second kappa shape index (κ2) is 6.86. The number of rotatable bonds is 6. The van der Waals surface area contributed by atoms with Crippen LogP contribution < -0.4 is 15.4 Å². The predicted molar refractivity (Wildman–Crippen MR) is 69.8 cm³/mol. The van der Waals surface area contributed by atoms with Crippen molar-refractivity contribution in [1.29, 1.82) is 0 Å². The van der Waals surface area contributed by atoms with Crippen LogP contribution in [0.5, 0.6) is 11.5 Å². The van der Waals surface area contributed by atoms with Crippen LogP contribution in [0.15, 0.2) is 18.2 Å². The normalized spacial score (nSPS) is 11.9. The molecule has 0 aromatic heterocycles. The van der Waals surface area contributed by atoms with E-state index in [1.165, 1.54) is 6.92 Å². The first kappa shape index (κ1) is 14.3. The molecule has 0 saturated carbocycles. The van der Waals surface area contributed by atoms with Crippen molar-refractivity contribution in [2.45, 2.75) is 19.9 Å². The molecule has 1 rings (SSSR count). The van der Waals surface area contributed by atoms with Crippen molar-refractivity contribution < 1.29 is 14.6 Å². The summed E-state index contributed by atoms with van der Waals surface area (Å²) in [5, 5.41) is 15.8. The Kier molecular flexibility index (Phi) is 5.45. The summed E-state index contributed by atoms with van der Waals surface area (Å²) in [4.78, 5) is 10.7. The Morgan fingerprint density at radius 2 is 2.17 bits per heavy atom. The maximum Gasteiger partial charge on any atom is 0.216 e. The van der Waals surface area contributed by atoms with Gasteiger partial charge in [-0.15, -0.1) is 0 Å². The van der Waals surface area contributed by atoms with Crippen LogP contribution in [0.3, 0.4) is 0 Å². The topological polar surface area (TPSA) is 70.6 Å². The summed E-state index contributed by atoms with van der Waals surface area (Å²) < 4.78 is 5.03. The van der Waals surface area contributed by atoms with E-state index in [2.05, 4.69) is 10.6 Å². The fraction of sp³-hybridized carbons (Fsp3) is 0.462. The van der Waals surface area contributed by atoms with E-state index < -0.39 is 0 Å². The molecule has 3 N–H and O–H groups in total. The summed E-state index contributed by atoms with van der Waals surface area (Å²) >= 11 is 0. The Balaban J connectivity index is 2.50. The first-order chi connectivity index (χ1) is 8.54. The molecule has 1 unspecified atom stereocenters. The first-order valence-corrected chi connectivity index (χ1v) is 5.89. The van der Waals surface area contributed by atoms with E-state index in [0.29, 0.717) is 18.8 Å². The van der Waals surface area contributed by atoms with E-state index in [1.807, 2.05) is 13.0 Å². The predicted octanol–water partition coefficient (Wildman–Crippen LogP) is 1.19. The summed E-state index contributed by atoms with van der Waals surface area (Å²) in [6, 6.07) is 5.22. The quantitative estimate of drug-likeness (QED) is 0.665. The van der Waals surface area contributed by atoms with Crippen LogP contribution in [0.25, 0.3) is 0 Å². The standard InChI is InChI=1S/C13H20N2O3/c1-9(14-6-7-15-10(2)16)12-5-4-11(18-3)8-13(12)17/h4-5,8-9,14,17H,6-7H2,1-3H3,(H,15,16). The van der Waals surface area contributed by atoms with Crippen LogP contribution in [0.1, 0.15) is 25.5 Å². The molecule has 0 radical (unpaired) electrons. The minimum absolute atomic E-state index is 0.00432. The molecule has 0 aliphatic heterocycles. The Labute approximate surface area is 107 Å². The van der Waals surface area contributed by atoms with Gasteiger partial charge in [0.05, 0.1) is 7.11 Å². The molecule has 18 heavy (non-hydrogen) atoms. The van der Waals surface area contributed by atoms with Crippen LogP contribution >= 0.6 is 0 Å². The number of aromatic hydroxyl groups is 1. The lowest BCUT2D eigenvalue weighted by atomic mass is 10.1. The maximum absolute atomic E-state index is 10.7. The van der Waals surface area contributed by atoms with Crippen molar-refractivity contribution in [2.75, 3.05) is 20.2 Å². The van der Waals surface area contributed by atoms with E-state index in [1.54, 1.807) is 19.2 Å². The summed E-state index contributed by atoms with van der Waals surface area (Å²) in [5.74, 6) is 0.785. The van der Waals surface area contributed by atoms with Crippen molar-refractivity contribution >= 4 is 5.91 Å². The zero-order valence-corrected chi connectivity index (χ0v) is 11.0. The molecule has 0 aliphatic carbocycles. The number of nitrogens with one attached hydrogen (secondary N) is 2. The van der Waals surface area contributed by atoms with E-state index in [-0.39, 0.29) is 17.7 Å². The van der Waals surface area contributed by atoms with Gasteiger partial charge in [0.2, 0.25) is 5.91 Å². The van der Waals surface area contributed by atoms with E-state index in [0.717, 1.165) is 5.56 Å². The summed E-state index contributed by atoms with van der Waals surface area (Å²) in [7, 11) is 1.56. The van der Waals surface area contributed by atoms with Crippen molar-refractivity contribution in [3.63, 3.8) is 0 Å². The van der Waals surface area contributed by atoms with Gasteiger partial charge in [-0.2, -0.15) is 0 Å². The first-order valence-electron chi connectivity index (χ1n) is 5.89. The monoisotopic (exact) mass is 252 g/mol. The Morgan fingerprint density at radius 3 is 2.72 bits per heavy atom. The van der Waals surface area contributed by atoms with Crippen LogP contribution in [0.2, 0.25) is 0 Å². The van der Waals surface area contributed by atoms with Crippen molar-refractivity contribution in [3.8, 4) is 11.5 Å². The minimum Gasteiger partial charge on any atom is -0.507 e. The molecule has 5 nitrogen and oxygen atoms in total. The molecule has 1 aromatic rings. The van der Waals surface area contributed by atoms with Gasteiger partial charge in [0, 0.05) is 37.7 Å². The molecule has 1 amide bonds. The molecule has 1 aromatic carbocycles. The number of benzene rings is 1. The molecule has 1 atom stereocenters. The summed E-state index contributed by atoms with van der Waals surface area (Å²) in [6.07, 6.45) is 0. The Morgan fingerprint density at radius 1 is 1.44 bits per heavy atom. The Hall–Kier alpha value is -1.75. The summed E-state index contributed by atoms with van der Waals surface area (Å²) in [5.41, 5.74) is 0.804. The highest BCUT2D eigenvalue weighted by Crippen LogP contribution is 2.27. The second-order valence-electron chi connectivity index (χ2n) is 4.08. The molecule has 0 spiro atoms. The van der Waals surface area contributed by atoms with Gasteiger partial charge in [0.1, 0.15) is 11.5 Å². The van der Waals surface area contributed by atoms with Crippen molar-refractivity contribution in [2.24, 2.45) is 0 Å². The lowest BCUT2D eigenvalue weighted by molar-refractivity contribution is -0.118. The van der Waals surface area contributed by atoms with Crippen LogP contribution in [0, 0.1) is 0 Å². The molecule has 5 heteroatoms. The third-order valence-corrected chi connectivity index (χ3v) is 2.65. The summed E-state index contributed by atoms with van der Waals surface area (Å²) in [6.45, 7) is 4.65. The maximum atomic E-state index is 10.7. The van der Waals surface area contributed by atoms with Gasteiger partial charge >= 0.3 is 0 Å². The molecule has 0 saturated heterocycles. The molecule has 100 valence electrons. The number of ether oxygens (including phenoxy) is 1. The average Bonchev–Trinajstić information content (AvgIpc) is 2.33. The number of amides is 1. The third-order valence-electron chi connectivity index (χ3n) is 2.65. The number of hydrogen-bond donors (Lipinski definition) is 3. The average molecular weight is 252 g/mol. The zero-order chi connectivity index (χ0) is 13.5. The number of methoxy groups -OCH3 is 1. The fourth-order valence-corrected chi connectivity index (χ4v) is 1.65. The largest absolute Gasteiger partial charge is 0.507 e. The highest BCUT2D eigenvalue weighted by Gasteiger charge is 2.10. The van der Waals surface area contributed by atoms with Crippen LogP contribution in [0.4, 0.5) is 0 Å². The second-order valence-corrected chi connectivity index (χ2v) is 4.08. The molecule has 0 fully saturated rings. The SMILES string of the molecule is COc1ccc(C(C)NCCNC(C)=O)c(O)c1. The highest BCUT2D eigenvalue weighted by atomic mass is 16.5. The fourth-order valence-electron chi connectivity index (χ4n) is 1.65. The Bertz CT molecular complexity index is 407. The third kappa shape index (κ3) is 4.25. The molecular weight excluding hydrogens is 232 g/mol. The minimum atomic E-state index is -0.0447. The van der Waals surface area contributed by atoms with Crippen LogP contribution in [-0.2, 0) is 4.79 Å². The van der Waals surface area contributed by atoms with E-state index in [9.17, 15) is 9.90 Å². The van der Waals surface area contributed by atoms with Gasteiger partial charge in [-0.05, 0) is 13.0 Å². The number of carbonyl (C=O) groups is 1. The van der Waals surface area contributed by atoms with Gasteiger partial charge in [0.15, 0.2) is 0 Å². The van der Waals surface area contributed by atoms with Gasteiger partial charge < -0.3 is 20.5 Å². The van der Waals surface area contributed by atoms with Gasteiger partial charge in [-0.3, -0.25) is 4.79 Å². The van der Waals surface area contributed by atoms with Crippen molar-refractivity contribution in [1.82, 2.24) is 10.6 Å². The lowest BCUT2D eigenvalue weighted by Gasteiger charge is -2.16. The van der Waals surface area contributed by atoms with Gasteiger partial charge in [0.25, 0.3) is 0 Å². The number of carbonyl (C=O) groups excluding carboxylic acids is 1. The molecule has 0 aliphatic rings. The molecular formula is C13H20N2O3. The zero-order valence-electron chi connectivity index (χ0n) is 11.0. The number of hydrogen-bond acceptors (Lipinski definition) is 4. The highest BCUT2D eigenvalue weighted by molar-refractivity contribution is 5.72. The van der Waals surface area contributed by atoms with Gasteiger partial charge in [-0.1, -0.05) is 6.07 Å².